The van der Waals surface area contributed by atoms with Crippen LogP contribution in [0.5, 0.6) is 0 Å². The van der Waals surface area contributed by atoms with Crippen molar-refractivity contribution in [2.24, 2.45) is 10.7 Å². The first-order chi connectivity index (χ1) is 13.7. The molecule has 0 radical (unpaired) electrons. The van der Waals surface area contributed by atoms with Gasteiger partial charge in [-0.1, -0.05) is 12.1 Å². The van der Waals surface area contributed by atoms with Gasteiger partial charge in [0.2, 0.25) is 5.91 Å². The van der Waals surface area contributed by atoms with Gasteiger partial charge < -0.3 is 5.73 Å². The van der Waals surface area contributed by atoms with Crippen molar-refractivity contribution >= 4 is 39.0 Å². The van der Waals surface area contributed by atoms with E-state index in [0.717, 1.165) is 17.8 Å². The van der Waals surface area contributed by atoms with Gasteiger partial charge in [0.15, 0.2) is 26.4 Å². The Balaban J connectivity index is 2.07. The molecule has 0 bridgehead atoms. The standard InChI is InChI=1S/C15H17F2N5O5S2/c16-13(17)9-3-1-4-10(7-9)19-14(20-24)12-15(22-27-21-12)28-5-2-6-29(25,26)8-11(18)23/h1,3-4,7,13,24H,2,5-6,8H2,(H2,18,23)(H,19,20). The largest absolute Gasteiger partial charge is 0.369 e. The zero-order valence-corrected chi connectivity index (χ0v) is 16.4. The van der Waals surface area contributed by atoms with Gasteiger partial charge in [-0.15, -0.1) is 11.8 Å². The number of nitrogens with zero attached hydrogens (tertiary/aromatic N) is 3. The van der Waals surface area contributed by atoms with Crippen molar-refractivity contribution in [3.8, 4) is 0 Å². The molecule has 14 heteroatoms. The molecule has 2 aromatic rings. The molecule has 0 saturated heterocycles. The molecular weight excluding hydrogens is 432 g/mol. The number of halogens is 2. The molecule has 0 atom stereocenters. The molecule has 1 amide bonds. The molecule has 1 heterocycles. The summed E-state index contributed by atoms with van der Waals surface area (Å²) in [5.74, 6) is -1.81. The summed E-state index contributed by atoms with van der Waals surface area (Å²) in [5, 5.41) is 16.8. The number of alkyl halides is 2. The lowest BCUT2D eigenvalue weighted by molar-refractivity contribution is -0.115. The van der Waals surface area contributed by atoms with E-state index in [1.807, 2.05) is 5.48 Å². The maximum atomic E-state index is 12.8. The number of rotatable bonds is 10. The monoisotopic (exact) mass is 449 g/mol. The summed E-state index contributed by atoms with van der Waals surface area (Å²) in [6, 6.07) is 5.22. The molecule has 0 aliphatic rings. The van der Waals surface area contributed by atoms with Crippen LogP contribution < -0.4 is 11.2 Å². The van der Waals surface area contributed by atoms with Crippen LogP contribution in [-0.4, -0.2) is 52.9 Å². The van der Waals surface area contributed by atoms with Crippen LogP contribution in [0.3, 0.4) is 0 Å². The molecule has 1 aromatic carbocycles. The third-order valence-electron chi connectivity index (χ3n) is 3.35. The van der Waals surface area contributed by atoms with Crippen molar-refractivity contribution in [1.29, 1.82) is 0 Å². The molecule has 29 heavy (non-hydrogen) atoms. The second-order valence-electron chi connectivity index (χ2n) is 5.65. The number of benzene rings is 1. The van der Waals surface area contributed by atoms with Crippen molar-refractivity contribution in [2.45, 2.75) is 17.9 Å². The minimum atomic E-state index is -3.59. The van der Waals surface area contributed by atoms with Gasteiger partial charge in [0, 0.05) is 11.3 Å². The van der Waals surface area contributed by atoms with E-state index < -0.39 is 27.9 Å². The number of nitrogens with two attached hydrogens (primary N) is 1. The minimum absolute atomic E-state index is 0.0138. The van der Waals surface area contributed by atoms with Crippen LogP contribution in [0.2, 0.25) is 0 Å². The van der Waals surface area contributed by atoms with E-state index in [2.05, 4.69) is 19.9 Å². The fourth-order valence-corrected chi connectivity index (χ4v) is 4.33. The zero-order valence-electron chi connectivity index (χ0n) is 14.8. The van der Waals surface area contributed by atoms with Gasteiger partial charge in [0.1, 0.15) is 5.75 Å². The highest BCUT2D eigenvalue weighted by atomic mass is 32.2. The number of nitrogens with one attached hydrogen (secondary N) is 1. The molecule has 158 valence electrons. The first-order valence-corrected chi connectivity index (χ1v) is 10.8. The SMILES string of the molecule is NC(=O)CS(=O)(=O)CCCSc1nonc1C(=Nc1cccc(C(F)F)c1)NO. The predicted octanol–water partition coefficient (Wildman–Crippen LogP) is 1.45. The Morgan fingerprint density at radius 3 is 2.79 bits per heavy atom. The highest BCUT2D eigenvalue weighted by Gasteiger charge is 2.19. The van der Waals surface area contributed by atoms with E-state index in [4.69, 9.17) is 5.73 Å². The summed E-state index contributed by atoms with van der Waals surface area (Å²) in [7, 11) is -3.59. The third kappa shape index (κ3) is 7.07. The number of amidine groups is 1. The molecule has 0 spiro atoms. The van der Waals surface area contributed by atoms with Crippen molar-refractivity contribution in [3.63, 3.8) is 0 Å². The van der Waals surface area contributed by atoms with E-state index in [0.29, 0.717) is 0 Å². The summed E-state index contributed by atoms with van der Waals surface area (Å²) in [4.78, 5) is 14.7. The van der Waals surface area contributed by atoms with Crippen molar-refractivity contribution in [1.82, 2.24) is 15.8 Å². The van der Waals surface area contributed by atoms with E-state index in [1.165, 1.54) is 18.2 Å². The van der Waals surface area contributed by atoms with E-state index in [1.54, 1.807) is 0 Å². The van der Waals surface area contributed by atoms with Crippen LogP contribution >= 0.6 is 11.8 Å². The Morgan fingerprint density at radius 2 is 2.14 bits per heavy atom. The summed E-state index contributed by atoms with van der Waals surface area (Å²) < 4.78 is 53.5. The molecule has 2 rings (SSSR count). The highest BCUT2D eigenvalue weighted by molar-refractivity contribution is 7.99. The number of aliphatic imine (C=N–C) groups is 1. The number of sulfone groups is 1. The number of hydrogen-bond donors (Lipinski definition) is 3. The van der Waals surface area contributed by atoms with Gasteiger partial charge in [-0.05, 0) is 28.9 Å². The molecule has 4 N–H and O–H groups in total. The minimum Gasteiger partial charge on any atom is -0.369 e. The first-order valence-electron chi connectivity index (χ1n) is 8.03. The second kappa shape index (κ2) is 10.3. The smallest absolute Gasteiger partial charge is 0.263 e. The lowest BCUT2D eigenvalue weighted by atomic mass is 10.2. The van der Waals surface area contributed by atoms with Crippen molar-refractivity contribution in [2.75, 3.05) is 17.3 Å². The molecule has 10 nitrogen and oxygen atoms in total. The first kappa shape index (κ1) is 22.7. The van der Waals surface area contributed by atoms with Gasteiger partial charge in [-0.3, -0.25) is 15.5 Å². The van der Waals surface area contributed by atoms with E-state index in [-0.39, 0.29) is 45.7 Å². The fraction of sp³-hybridized carbons (Fsp3) is 0.333. The Hall–Kier alpha value is -2.58. The number of hydroxylamine groups is 1. The molecule has 0 unspecified atom stereocenters. The highest BCUT2D eigenvalue weighted by Crippen LogP contribution is 2.25. The summed E-state index contributed by atoms with van der Waals surface area (Å²) in [6.07, 6.45) is -2.48. The number of carbonyl (C=O) groups is 1. The summed E-state index contributed by atoms with van der Waals surface area (Å²) in [5.41, 5.74) is 6.60. The van der Waals surface area contributed by atoms with Gasteiger partial charge >= 0.3 is 0 Å². The molecule has 0 aliphatic carbocycles. The predicted molar refractivity (Wildman–Crippen MR) is 100 cm³/mol. The molecule has 0 fully saturated rings. The molecule has 1 aromatic heterocycles. The van der Waals surface area contributed by atoms with Gasteiger partial charge in [0.25, 0.3) is 6.43 Å². The van der Waals surface area contributed by atoms with E-state index in [9.17, 15) is 27.2 Å². The lowest BCUT2D eigenvalue weighted by Crippen LogP contribution is -2.25. The lowest BCUT2D eigenvalue weighted by Gasteiger charge is -2.05. The maximum Gasteiger partial charge on any atom is 0.263 e. The third-order valence-corrected chi connectivity index (χ3v) is 6.02. The van der Waals surface area contributed by atoms with Crippen LogP contribution in [0.15, 0.2) is 38.9 Å². The van der Waals surface area contributed by atoms with Crippen molar-refractivity contribution in [3.05, 3.63) is 35.5 Å². The summed E-state index contributed by atoms with van der Waals surface area (Å²) >= 11 is 1.08. The van der Waals surface area contributed by atoms with Crippen LogP contribution in [0, 0.1) is 0 Å². The molecule has 0 aliphatic heterocycles. The number of carbonyl (C=O) groups excluding carboxylic acids is 1. The number of primary amides is 1. The summed E-state index contributed by atoms with van der Waals surface area (Å²) in [6.45, 7) is 0. The molecular formula is C15H17F2N5O5S2. The zero-order chi connectivity index (χ0) is 21.4. The number of thioether (sulfide) groups is 1. The average molecular weight is 449 g/mol. The topological polar surface area (TPSA) is 161 Å². The van der Waals surface area contributed by atoms with Crippen LogP contribution in [-0.2, 0) is 14.6 Å². The Morgan fingerprint density at radius 1 is 1.38 bits per heavy atom. The average Bonchev–Trinajstić information content (AvgIpc) is 3.10. The van der Waals surface area contributed by atoms with Crippen LogP contribution in [0.1, 0.15) is 24.1 Å². The number of hydrogen-bond acceptors (Lipinski definition) is 9. The van der Waals surface area contributed by atoms with Crippen LogP contribution in [0.25, 0.3) is 0 Å². The number of aromatic nitrogens is 2. The molecule has 0 saturated carbocycles. The Kier molecular flexibility index (Phi) is 8.04. The quantitative estimate of drug-likeness (QED) is 0.160. The normalized spacial score (nSPS) is 12.3. The van der Waals surface area contributed by atoms with Crippen LogP contribution in [0.4, 0.5) is 14.5 Å². The Bertz CT molecular complexity index is 981. The maximum absolute atomic E-state index is 12.8. The Labute approximate surface area is 168 Å². The van der Waals surface area contributed by atoms with Gasteiger partial charge in [-0.2, -0.15) is 0 Å². The number of amides is 1. The van der Waals surface area contributed by atoms with Crippen molar-refractivity contribution < 1.29 is 31.8 Å². The fourth-order valence-electron chi connectivity index (χ4n) is 2.15. The van der Waals surface area contributed by atoms with E-state index >= 15 is 0 Å². The van der Waals surface area contributed by atoms with Gasteiger partial charge in [-0.25, -0.2) is 26.8 Å². The second-order valence-corrected chi connectivity index (χ2v) is 8.91. The van der Waals surface area contributed by atoms with Gasteiger partial charge in [0.05, 0.1) is 11.4 Å².